The minimum Gasteiger partial charge on any atom is -0.277 e. The number of nitrogens with one attached hydrogen (secondary N) is 1. The first-order valence-electron chi connectivity index (χ1n) is 6.83. The largest absolute Gasteiger partial charge is 0.330 e. The molecule has 20 heavy (non-hydrogen) atoms. The zero-order valence-electron chi connectivity index (χ0n) is 11.5. The number of imide groups is 2. The fourth-order valence-corrected chi connectivity index (χ4v) is 2.22. The molecule has 1 atom stereocenters. The summed E-state index contributed by atoms with van der Waals surface area (Å²) in [6.45, 7) is 2.35. The van der Waals surface area contributed by atoms with Crippen LogP contribution in [0.25, 0.3) is 0 Å². The van der Waals surface area contributed by atoms with Crippen molar-refractivity contribution in [1.82, 2.24) is 10.2 Å². The Kier molecular flexibility index (Phi) is 4.50. The van der Waals surface area contributed by atoms with Crippen molar-refractivity contribution in [2.45, 2.75) is 26.2 Å². The molecule has 1 N–H and O–H groups in total. The summed E-state index contributed by atoms with van der Waals surface area (Å²) in [5.41, 5.74) is 0.908. The monoisotopic (exact) mass is 274 g/mol. The van der Waals surface area contributed by atoms with Crippen LogP contribution >= 0.6 is 0 Å². The van der Waals surface area contributed by atoms with Crippen molar-refractivity contribution >= 4 is 17.8 Å². The molecule has 1 aliphatic rings. The van der Waals surface area contributed by atoms with Crippen LogP contribution in [0.1, 0.15) is 25.3 Å². The normalized spacial score (nSPS) is 19.1. The second kappa shape index (κ2) is 6.32. The molecule has 1 aromatic rings. The van der Waals surface area contributed by atoms with Gasteiger partial charge in [0.05, 0.1) is 0 Å². The van der Waals surface area contributed by atoms with Gasteiger partial charge in [0, 0.05) is 6.54 Å². The van der Waals surface area contributed by atoms with Crippen LogP contribution in [0.3, 0.4) is 0 Å². The van der Waals surface area contributed by atoms with E-state index in [0.717, 1.165) is 23.3 Å². The molecule has 0 bridgehead atoms. The summed E-state index contributed by atoms with van der Waals surface area (Å²) in [4.78, 5) is 37.0. The van der Waals surface area contributed by atoms with Crippen LogP contribution in [0.2, 0.25) is 0 Å². The first kappa shape index (κ1) is 14.2. The average Bonchev–Trinajstić information content (AvgIpc) is 2.44. The maximum atomic E-state index is 12.3. The SMILES string of the molecule is CCCCN1C(=O)NC(=O)C(Cc2ccccc2)C1=O. The van der Waals surface area contributed by atoms with Gasteiger partial charge in [0.1, 0.15) is 5.92 Å². The average molecular weight is 274 g/mol. The molecule has 2 rings (SSSR count). The molecule has 1 aliphatic heterocycles. The van der Waals surface area contributed by atoms with Crippen LogP contribution in [0, 0.1) is 5.92 Å². The van der Waals surface area contributed by atoms with Crippen LogP contribution in [0.4, 0.5) is 4.79 Å². The number of hydrogen-bond donors (Lipinski definition) is 1. The highest BCUT2D eigenvalue weighted by molar-refractivity contribution is 6.16. The molecule has 0 saturated carbocycles. The van der Waals surface area contributed by atoms with Gasteiger partial charge >= 0.3 is 6.03 Å². The molecule has 1 saturated heterocycles. The van der Waals surface area contributed by atoms with Gasteiger partial charge in [-0.05, 0) is 18.4 Å². The van der Waals surface area contributed by atoms with Crippen molar-refractivity contribution in [3.63, 3.8) is 0 Å². The van der Waals surface area contributed by atoms with Crippen molar-refractivity contribution < 1.29 is 14.4 Å². The summed E-state index contributed by atoms with van der Waals surface area (Å²) in [7, 11) is 0. The summed E-state index contributed by atoms with van der Waals surface area (Å²) in [5, 5.41) is 2.27. The lowest BCUT2D eigenvalue weighted by Crippen LogP contribution is -2.58. The molecule has 1 unspecified atom stereocenters. The number of nitrogens with zero attached hydrogens (tertiary/aromatic N) is 1. The number of urea groups is 1. The Morgan fingerprint density at radius 3 is 2.50 bits per heavy atom. The predicted octanol–water partition coefficient (Wildman–Crippen LogP) is 1.72. The Labute approximate surface area is 118 Å². The van der Waals surface area contributed by atoms with E-state index in [9.17, 15) is 14.4 Å². The van der Waals surface area contributed by atoms with Crippen LogP contribution in [0.5, 0.6) is 0 Å². The molecule has 5 nitrogen and oxygen atoms in total. The molecule has 1 fully saturated rings. The number of unbranched alkanes of at least 4 members (excludes halogenated alkanes) is 1. The summed E-state index contributed by atoms with van der Waals surface area (Å²) in [6.07, 6.45) is 1.95. The fraction of sp³-hybridized carbons (Fsp3) is 0.400. The second-order valence-electron chi connectivity index (χ2n) is 4.88. The Morgan fingerprint density at radius 2 is 1.85 bits per heavy atom. The lowest BCUT2D eigenvalue weighted by Gasteiger charge is -2.30. The zero-order valence-corrected chi connectivity index (χ0v) is 11.5. The molecule has 4 amide bonds. The Morgan fingerprint density at radius 1 is 1.15 bits per heavy atom. The van der Waals surface area contributed by atoms with E-state index in [4.69, 9.17) is 0 Å². The van der Waals surface area contributed by atoms with Gasteiger partial charge in [0.15, 0.2) is 0 Å². The molecule has 5 heteroatoms. The van der Waals surface area contributed by atoms with Crippen LogP contribution in [0.15, 0.2) is 30.3 Å². The molecular weight excluding hydrogens is 256 g/mol. The number of carbonyl (C=O) groups is 3. The lowest BCUT2D eigenvalue weighted by atomic mass is 9.95. The van der Waals surface area contributed by atoms with E-state index < -0.39 is 23.8 Å². The molecule has 0 aromatic heterocycles. The lowest BCUT2D eigenvalue weighted by molar-refractivity contribution is -0.142. The highest BCUT2D eigenvalue weighted by atomic mass is 16.2. The van der Waals surface area contributed by atoms with E-state index in [1.54, 1.807) is 0 Å². The van der Waals surface area contributed by atoms with E-state index in [0.29, 0.717) is 13.0 Å². The first-order chi connectivity index (χ1) is 9.63. The highest BCUT2D eigenvalue weighted by Gasteiger charge is 2.39. The van der Waals surface area contributed by atoms with E-state index in [2.05, 4.69) is 5.32 Å². The standard InChI is InChI=1S/C15H18N2O3/c1-2-3-9-17-14(19)12(13(18)16-15(17)20)10-11-7-5-4-6-8-11/h4-8,12H,2-3,9-10H2,1H3,(H,16,18,20). The van der Waals surface area contributed by atoms with E-state index in [1.165, 1.54) is 0 Å². The molecule has 0 radical (unpaired) electrons. The van der Waals surface area contributed by atoms with Gasteiger partial charge in [-0.1, -0.05) is 43.7 Å². The van der Waals surface area contributed by atoms with Crippen LogP contribution in [-0.4, -0.2) is 29.3 Å². The van der Waals surface area contributed by atoms with Gasteiger partial charge in [-0.3, -0.25) is 19.8 Å². The van der Waals surface area contributed by atoms with Crippen LogP contribution < -0.4 is 5.32 Å². The van der Waals surface area contributed by atoms with Crippen molar-refractivity contribution in [1.29, 1.82) is 0 Å². The Balaban J connectivity index is 2.13. The van der Waals surface area contributed by atoms with E-state index in [1.807, 2.05) is 37.3 Å². The van der Waals surface area contributed by atoms with Gasteiger partial charge in [-0.15, -0.1) is 0 Å². The maximum Gasteiger partial charge on any atom is 0.330 e. The summed E-state index contributed by atoms with van der Waals surface area (Å²) in [6, 6.07) is 8.74. The quantitative estimate of drug-likeness (QED) is 0.831. The van der Waals surface area contributed by atoms with Crippen molar-refractivity contribution in [2.75, 3.05) is 6.54 Å². The van der Waals surface area contributed by atoms with Crippen LogP contribution in [-0.2, 0) is 16.0 Å². The fourth-order valence-electron chi connectivity index (χ4n) is 2.22. The smallest absolute Gasteiger partial charge is 0.277 e. The number of rotatable bonds is 5. The third kappa shape index (κ3) is 3.04. The van der Waals surface area contributed by atoms with Gasteiger partial charge in [-0.25, -0.2) is 4.79 Å². The molecule has 1 aromatic carbocycles. The van der Waals surface area contributed by atoms with Crippen molar-refractivity contribution in [3.8, 4) is 0 Å². The first-order valence-corrected chi connectivity index (χ1v) is 6.83. The summed E-state index contributed by atoms with van der Waals surface area (Å²) < 4.78 is 0. The van der Waals surface area contributed by atoms with Crippen molar-refractivity contribution in [2.24, 2.45) is 5.92 Å². The van der Waals surface area contributed by atoms with Crippen molar-refractivity contribution in [3.05, 3.63) is 35.9 Å². The highest BCUT2D eigenvalue weighted by Crippen LogP contribution is 2.16. The predicted molar refractivity (Wildman–Crippen MR) is 73.8 cm³/mol. The number of benzene rings is 1. The molecule has 0 aliphatic carbocycles. The number of hydrogen-bond acceptors (Lipinski definition) is 3. The van der Waals surface area contributed by atoms with E-state index in [-0.39, 0.29) is 0 Å². The Bertz CT molecular complexity index is 513. The molecular formula is C15H18N2O3. The van der Waals surface area contributed by atoms with Gasteiger partial charge in [0.2, 0.25) is 11.8 Å². The number of carbonyl (C=O) groups excluding carboxylic acids is 3. The minimum atomic E-state index is -0.813. The minimum absolute atomic E-state index is 0.321. The third-order valence-electron chi connectivity index (χ3n) is 3.37. The summed E-state index contributed by atoms with van der Waals surface area (Å²) >= 11 is 0. The number of barbiturate groups is 1. The van der Waals surface area contributed by atoms with Gasteiger partial charge in [0.25, 0.3) is 0 Å². The zero-order chi connectivity index (χ0) is 14.5. The molecule has 106 valence electrons. The second-order valence-corrected chi connectivity index (χ2v) is 4.88. The summed E-state index contributed by atoms with van der Waals surface area (Å²) in [5.74, 6) is -1.71. The molecule has 1 heterocycles. The van der Waals surface area contributed by atoms with Gasteiger partial charge < -0.3 is 0 Å². The topological polar surface area (TPSA) is 66.5 Å². The van der Waals surface area contributed by atoms with Gasteiger partial charge in [-0.2, -0.15) is 0 Å². The maximum absolute atomic E-state index is 12.3. The third-order valence-corrected chi connectivity index (χ3v) is 3.37. The van der Waals surface area contributed by atoms with E-state index >= 15 is 0 Å². The molecule has 0 spiro atoms. The number of amides is 4. The Hall–Kier alpha value is -2.17.